The lowest BCUT2D eigenvalue weighted by atomic mass is 9.65. The fourth-order valence-corrected chi connectivity index (χ4v) is 4.40. The van der Waals surface area contributed by atoms with Crippen molar-refractivity contribution in [1.82, 2.24) is 10.2 Å². The Morgan fingerprint density at radius 1 is 1.15 bits per heavy atom. The predicted molar refractivity (Wildman–Crippen MR) is 91.3 cm³/mol. The first kappa shape index (κ1) is 17.1. The molecule has 1 unspecified atom stereocenters. The lowest BCUT2D eigenvalue weighted by Crippen LogP contribution is -2.31. The van der Waals surface area contributed by atoms with E-state index in [4.69, 9.17) is 0 Å². The third kappa shape index (κ3) is 2.68. The third-order valence-electron chi connectivity index (χ3n) is 5.55. The van der Waals surface area contributed by atoms with E-state index in [0.29, 0.717) is 12.0 Å². The summed E-state index contributed by atoms with van der Waals surface area (Å²) in [7, 11) is 0. The standard InChI is InChI=1S/C20H18F4N2/c1-10-7-13-11(5-6-17-14(13)9-25-26-17)19(12(10)8-18(23)24)20-15(21)3-2-4-16(20)22/h2-6,9-10,12,18-19H,7-8H2,1H3,(H,25,26)/t10-,12?,19-/m1/s1. The predicted octanol–water partition coefficient (Wildman–Crippen LogP) is 5.44. The summed E-state index contributed by atoms with van der Waals surface area (Å²) in [5, 5.41) is 7.81. The average molecular weight is 362 g/mol. The Labute approximate surface area is 148 Å². The van der Waals surface area contributed by atoms with Crippen LogP contribution in [0, 0.1) is 23.5 Å². The SMILES string of the molecule is C[C@@H]1Cc2c(ccc3[nH]ncc23)[C@@H](c2c(F)cccc2F)C1CC(F)F. The largest absolute Gasteiger partial charge is 0.278 e. The molecule has 4 rings (SSSR count). The minimum absolute atomic E-state index is 0.117. The molecular formula is C20H18F4N2. The van der Waals surface area contributed by atoms with E-state index in [9.17, 15) is 17.6 Å². The molecule has 2 nitrogen and oxygen atoms in total. The Morgan fingerprint density at radius 2 is 1.88 bits per heavy atom. The first-order valence-electron chi connectivity index (χ1n) is 8.64. The molecule has 1 aliphatic carbocycles. The molecule has 1 heterocycles. The van der Waals surface area contributed by atoms with E-state index in [2.05, 4.69) is 10.2 Å². The number of alkyl halides is 2. The van der Waals surface area contributed by atoms with E-state index >= 15 is 0 Å². The molecule has 0 fully saturated rings. The van der Waals surface area contributed by atoms with Crippen LogP contribution in [0.2, 0.25) is 0 Å². The van der Waals surface area contributed by atoms with Crippen molar-refractivity contribution in [3.63, 3.8) is 0 Å². The molecule has 3 atom stereocenters. The first-order valence-corrected chi connectivity index (χ1v) is 8.64. The van der Waals surface area contributed by atoms with Crippen LogP contribution in [0.3, 0.4) is 0 Å². The molecule has 1 N–H and O–H groups in total. The van der Waals surface area contributed by atoms with Gasteiger partial charge in [0.1, 0.15) is 11.6 Å². The molecule has 0 saturated heterocycles. The fraction of sp³-hybridized carbons (Fsp3) is 0.350. The zero-order valence-electron chi connectivity index (χ0n) is 14.1. The molecule has 0 amide bonds. The van der Waals surface area contributed by atoms with Gasteiger partial charge in [-0.1, -0.05) is 19.1 Å². The van der Waals surface area contributed by atoms with Crippen LogP contribution < -0.4 is 0 Å². The fourth-order valence-electron chi connectivity index (χ4n) is 4.40. The molecule has 136 valence electrons. The maximum absolute atomic E-state index is 14.6. The molecule has 1 aliphatic rings. The van der Waals surface area contributed by atoms with Gasteiger partial charge in [0.2, 0.25) is 6.43 Å². The van der Waals surface area contributed by atoms with Crippen LogP contribution in [0.25, 0.3) is 10.9 Å². The first-order chi connectivity index (χ1) is 12.5. The summed E-state index contributed by atoms with van der Waals surface area (Å²) >= 11 is 0. The van der Waals surface area contributed by atoms with Gasteiger partial charge in [-0.05, 0) is 47.6 Å². The van der Waals surface area contributed by atoms with Crippen molar-refractivity contribution < 1.29 is 17.6 Å². The quantitative estimate of drug-likeness (QED) is 0.618. The Balaban J connectivity index is 1.97. The van der Waals surface area contributed by atoms with Gasteiger partial charge in [0.15, 0.2) is 0 Å². The zero-order valence-corrected chi connectivity index (χ0v) is 14.1. The number of benzene rings is 2. The van der Waals surface area contributed by atoms with Crippen molar-refractivity contribution in [1.29, 1.82) is 0 Å². The summed E-state index contributed by atoms with van der Waals surface area (Å²) in [6.45, 7) is 1.88. The highest BCUT2D eigenvalue weighted by Crippen LogP contribution is 2.48. The van der Waals surface area contributed by atoms with Gasteiger partial charge in [-0.3, -0.25) is 5.10 Å². The molecule has 2 aromatic carbocycles. The topological polar surface area (TPSA) is 28.7 Å². The minimum Gasteiger partial charge on any atom is -0.278 e. The Hall–Kier alpha value is -2.37. The summed E-state index contributed by atoms with van der Waals surface area (Å²) in [4.78, 5) is 0. The molecule has 0 radical (unpaired) electrons. The van der Waals surface area contributed by atoms with E-state index in [1.807, 2.05) is 6.92 Å². The molecule has 6 heteroatoms. The maximum atomic E-state index is 14.6. The van der Waals surface area contributed by atoms with Crippen LogP contribution in [-0.4, -0.2) is 16.6 Å². The molecule has 0 spiro atoms. The van der Waals surface area contributed by atoms with E-state index in [1.54, 1.807) is 18.3 Å². The van der Waals surface area contributed by atoms with Crippen LogP contribution in [-0.2, 0) is 6.42 Å². The summed E-state index contributed by atoms with van der Waals surface area (Å²) in [6.07, 6.45) is -0.652. The van der Waals surface area contributed by atoms with E-state index in [-0.39, 0.29) is 17.9 Å². The number of rotatable bonds is 3. The number of hydrogen-bond acceptors (Lipinski definition) is 1. The minimum atomic E-state index is -2.53. The van der Waals surface area contributed by atoms with Gasteiger partial charge in [-0.15, -0.1) is 0 Å². The number of nitrogens with zero attached hydrogens (tertiary/aromatic N) is 1. The van der Waals surface area contributed by atoms with Gasteiger partial charge in [0.25, 0.3) is 0 Å². The second-order valence-electron chi connectivity index (χ2n) is 7.05. The van der Waals surface area contributed by atoms with Crippen molar-refractivity contribution in [2.75, 3.05) is 0 Å². The lowest BCUT2D eigenvalue weighted by molar-refractivity contribution is 0.0902. The highest BCUT2D eigenvalue weighted by molar-refractivity contribution is 5.83. The summed E-state index contributed by atoms with van der Waals surface area (Å²) in [5.74, 6) is -2.81. The Kier molecular flexibility index (Phi) is 4.21. The van der Waals surface area contributed by atoms with Crippen molar-refractivity contribution in [2.24, 2.45) is 11.8 Å². The van der Waals surface area contributed by atoms with Gasteiger partial charge in [0, 0.05) is 23.3 Å². The molecule has 0 aliphatic heterocycles. The van der Waals surface area contributed by atoms with Crippen molar-refractivity contribution in [3.05, 3.63) is 64.9 Å². The summed E-state index contributed by atoms with van der Waals surface area (Å²) < 4.78 is 55.7. The van der Waals surface area contributed by atoms with Gasteiger partial charge in [-0.2, -0.15) is 5.10 Å². The molecule has 0 bridgehead atoms. The van der Waals surface area contributed by atoms with Crippen LogP contribution in [0.1, 0.15) is 36.0 Å². The summed E-state index contributed by atoms with van der Waals surface area (Å²) in [6, 6.07) is 7.25. The number of fused-ring (bicyclic) bond motifs is 3. The van der Waals surface area contributed by atoms with Gasteiger partial charge in [0.05, 0.1) is 11.7 Å². The smallest absolute Gasteiger partial charge is 0.238 e. The van der Waals surface area contributed by atoms with Crippen molar-refractivity contribution in [3.8, 4) is 0 Å². The molecule has 26 heavy (non-hydrogen) atoms. The molecule has 0 saturated carbocycles. The molecular weight excluding hydrogens is 344 g/mol. The highest BCUT2D eigenvalue weighted by atomic mass is 19.3. The molecule has 1 aromatic heterocycles. The van der Waals surface area contributed by atoms with Crippen molar-refractivity contribution in [2.45, 2.75) is 32.1 Å². The normalized spacial score (nSPS) is 22.8. The molecule has 3 aromatic rings. The lowest BCUT2D eigenvalue weighted by Gasteiger charge is -2.39. The van der Waals surface area contributed by atoms with E-state index in [0.717, 1.165) is 16.5 Å². The zero-order chi connectivity index (χ0) is 18.4. The number of H-pyrrole nitrogens is 1. The van der Waals surface area contributed by atoms with Gasteiger partial charge >= 0.3 is 0 Å². The van der Waals surface area contributed by atoms with Crippen molar-refractivity contribution >= 4 is 10.9 Å². The van der Waals surface area contributed by atoms with E-state index in [1.165, 1.54) is 18.2 Å². The monoisotopic (exact) mass is 362 g/mol. The Bertz CT molecular complexity index is 930. The van der Waals surface area contributed by atoms with Crippen LogP contribution in [0.15, 0.2) is 36.5 Å². The number of halogens is 4. The van der Waals surface area contributed by atoms with Gasteiger partial charge < -0.3 is 0 Å². The van der Waals surface area contributed by atoms with E-state index < -0.39 is 29.9 Å². The van der Waals surface area contributed by atoms with Crippen LogP contribution >= 0.6 is 0 Å². The number of nitrogens with one attached hydrogen (secondary N) is 1. The second-order valence-corrected chi connectivity index (χ2v) is 7.05. The van der Waals surface area contributed by atoms with Crippen LogP contribution in [0.4, 0.5) is 17.6 Å². The highest BCUT2D eigenvalue weighted by Gasteiger charge is 2.40. The van der Waals surface area contributed by atoms with Crippen LogP contribution in [0.5, 0.6) is 0 Å². The average Bonchev–Trinajstić information content (AvgIpc) is 3.06. The summed E-state index contributed by atoms with van der Waals surface area (Å²) in [5.41, 5.74) is 2.36. The Morgan fingerprint density at radius 3 is 2.58 bits per heavy atom. The third-order valence-corrected chi connectivity index (χ3v) is 5.55. The maximum Gasteiger partial charge on any atom is 0.238 e. The number of aromatic amines is 1. The second kappa shape index (κ2) is 6.41. The number of hydrogen-bond donors (Lipinski definition) is 1. The van der Waals surface area contributed by atoms with Gasteiger partial charge in [-0.25, -0.2) is 17.6 Å². The number of aromatic nitrogens is 2.